The Morgan fingerprint density at radius 1 is 1.02 bits per heavy atom. The predicted molar refractivity (Wildman–Crippen MR) is 167 cm³/mol. The fourth-order valence-corrected chi connectivity index (χ4v) is 5.49. The largest absolute Gasteiger partial charge is 0.493 e. The topological polar surface area (TPSA) is 60.6 Å². The molecule has 0 bridgehead atoms. The number of hydrogen-bond donors (Lipinski definition) is 2. The first-order valence-corrected chi connectivity index (χ1v) is 14.8. The number of amides is 1. The van der Waals surface area contributed by atoms with Crippen LogP contribution < -0.4 is 15.0 Å². The van der Waals surface area contributed by atoms with Crippen LogP contribution in [0.5, 0.6) is 5.75 Å². The summed E-state index contributed by atoms with van der Waals surface area (Å²) in [6.45, 7) is 11.1. The number of benzene rings is 3. The highest BCUT2D eigenvalue weighted by atomic mass is 16.5. The molecular weight excluding hydrogens is 496 g/mol. The van der Waals surface area contributed by atoms with Gasteiger partial charge in [-0.25, -0.2) is 0 Å². The molecule has 1 aliphatic heterocycles. The lowest BCUT2D eigenvalue weighted by Crippen LogP contribution is -2.32. The third-order valence-corrected chi connectivity index (χ3v) is 7.87. The Balaban J connectivity index is 1.42. The first kappa shape index (κ1) is 27.8. The summed E-state index contributed by atoms with van der Waals surface area (Å²) >= 11 is 0. The van der Waals surface area contributed by atoms with Crippen LogP contribution in [-0.4, -0.2) is 54.6 Å². The molecule has 1 amide bonds. The van der Waals surface area contributed by atoms with Crippen LogP contribution in [0, 0.1) is 0 Å². The van der Waals surface area contributed by atoms with Crippen molar-refractivity contribution < 1.29 is 9.53 Å². The number of hydrogen-bond acceptors (Lipinski definition) is 4. The number of unbranched alkanes of at least 4 members (excludes halogenated alkanes) is 1. The van der Waals surface area contributed by atoms with Crippen LogP contribution in [0.1, 0.15) is 56.8 Å². The van der Waals surface area contributed by atoms with Gasteiger partial charge in [-0.1, -0.05) is 38.5 Å². The van der Waals surface area contributed by atoms with E-state index >= 15 is 0 Å². The molecule has 0 radical (unpaired) electrons. The van der Waals surface area contributed by atoms with Crippen LogP contribution in [0.25, 0.3) is 22.0 Å². The fourth-order valence-electron chi connectivity index (χ4n) is 5.49. The molecule has 2 N–H and O–H groups in total. The van der Waals surface area contributed by atoms with E-state index in [0.29, 0.717) is 24.8 Å². The summed E-state index contributed by atoms with van der Waals surface area (Å²) in [5, 5.41) is 4.70. The first-order chi connectivity index (χ1) is 19.6. The van der Waals surface area contributed by atoms with Gasteiger partial charge in [0, 0.05) is 42.0 Å². The van der Waals surface area contributed by atoms with Gasteiger partial charge >= 0.3 is 0 Å². The molecule has 0 spiro atoms. The molecule has 1 aromatic heterocycles. The van der Waals surface area contributed by atoms with Gasteiger partial charge in [-0.15, -0.1) is 0 Å². The molecule has 0 fully saturated rings. The van der Waals surface area contributed by atoms with Gasteiger partial charge in [-0.3, -0.25) is 4.79 Å². The number of aromatic amines is 1. The van der Waals surface area contributed by atoms with Gasteiger partial charge in [0.05, 0.1) is 18.0 Å². The molecule has 1 aliphatic rings. The van der Waals surface area contributed by atoms with Gasteiger partial charge in [0.15, 0.2) is 0 Å². The molecule has 5 rings (SSSR count). The van der Waals surface area contributed by atoms with Crippen molar-refractivity contribution in [3.8, 4) is 16.9 Å². The van der Waals surface area contributed by atoms with Crippen molar-refractivity contribution >= 4 is 28.2 Å². The molecule has 6 nitrogen and oxygen atoms in total. The Kier molecular flexibility index (Phi) is 9.07. The van der Waals surface area contributed by atoms with Crippen molar-refractivity contribution in [2.45, 2.75) is 52.5 Å². The molecule has 210 valence electrons. The van der Waals surface area contributed by atoms with Crippen molar-refractivity contribution in [1.82, 2.24) is 9.88 Å². The second-order valence-corrected chi connectivity index (χ2v) is 10.8. The highest BCUT2D eigenvalue weighted by Crippen LogP contribution is 2.35. The van der Waals surface area contributed by atoms with Crippen LogP contribution in [0.15, 0.2) is 72.9 Å². The van der Waals surface area contributed by atoms with E-state index in [9.17, 15) is 4.79 Å². The molecule has 1 atom stereocenters. The van der Waals surface area contributed by atoms with Crippen LogP contribution in [0.2, 0.25) is 0 Å². The van der Waals surface area contributed by atoms with Crippen LogP contribution in [-0.2, 0) is 0 Å². The Morgan fingerprint density at radius 3 is 2.73 bits per heavy atom. The molecule has 3 aromatic carbocycles. The second-order valence-electron chi connectivity index (χ2n) is 10.8. The van der Waals surface area contributed by atoms with Crippen molar-refractivity contribution in [3.05, 3.63) is 78.5 Å². The highest BCUT2D eigenvalue weighted by molar-refractivity contribution is 6.08. The molecule has 4 aromatic rings. The minimum atomic E-state index is -0.00226. The van der Waals surface area contributed by atoms with E-state index in [0.717, 1.165) is 71.6 Å². The number of nitrogens with zero attached hydrogens (tertiary/aromatic N) is 2. The van der Waals surface area contributed by atoms with Crippen molar-refractivity contribution in [1.29, 1.82) is 0 Å². The smallest absolute Gasteiger partial charge is 0.258 e. The summed E-state index contributed by atoms with van der Waals surface area (Å²) in [6, 6.07) is 22.8. The maximum atomic E-state index is 14.0. The molecule has 40 heavy (non-hydrogen) atoms. The van der Waals surface area contributed by atoms with Gasteiger partial charge in [-0.2, -0.15) is 0 Å². The highest BCUT2D eigenvalue weighted by Gasteiger charge is 2.25. The Bertz CT molecular complexity index is 1430. The van der Waals surface area contributed by atoms with Crippen LogP contribution >= 0.6 is 0 Å². The van der Waals surface area contributed by atoms with Crippen molar-refractivity contribution in [3.63, 3.8) is 0 Å². The average Bonchev–Trinajstić information content (AvgIpc) is 3.38. The summed E-state index contributed by atoms with van der Waals surface area (Å²) in [5.41, 5.74) is 5.75. The molecular formula is C34H42N4O2. The van der Waals surface area contributed by atoms with E-state index in [2.05, 4.69) is 60.2 Å². The zero-order valence-electron chi connectivity index (χ0n) is 24.1. The molecule has 0 aliphatic carbocycles. The lowest BCUT2D eigenvalue weighted by atomic mass is 10.0. The number of ether oxygens (including phenoxy) is 1. The third-order valence-electron chi connectivity index (χ3n) is 7.87. The lowest BCUT2D eigenvalue weighted by molar-refractivity contribution is 0.0986. The zero-order valence-corrected chi connectivity index (χ0v) is 24.1. The second kappa shape index (κ2) is 13.1. The van der Waals surface area contributed by atoms with E-state index in [1.54, 1.807) is 0 Å². The lowest BCUT2D eigenvalue weighted by Gasteiger charge is -2.23. The standard InChI is InChI=1S/C34H42N4O2/c1-4-6-19-37(5-2)20-9-22-40-33-24-28(12-14-29(33)26-13-15-30-27(23-26)16-18-35-30)34(39)38-21-17-25(3)36-31-10-7-8-11-32(31)38/h7-8,10-16,18,23-25,35-36H,4-6,9,17,19-22H2,1-3H3/t25-/m0/s1. The summed E-state index contributed by atoms with van der Waals surface area (Å²) in [4.78, 5) is 21.6. The van der Waals surface area contributed by atoms with Gasteiger partial charge in [-0.05, 0) is 98.8 Å². The summed E-state index contributed by atoms with van der Waals surface area (Å²) in [6.07, 6.45) is 6.21. The van der Waals surface area contributed by atoms with Gasteiger partial charge in [0.1, 0.15) is 5.75 Å². The Labute approximate surface area is 238 Å². The monoisotopic (exact) mass is 538 g/mol. The molecule has 2 heterocycles. The van der Waals surface area contributed by atoms with E-state index in [1.165, 1.54) is 12.8 Å². The maximum absolute atomic E-state index is 14.0. The van der Waals surface area contributed by atoms with E-state index in [4.69, 9.17) is 4.74 Å². The van der Waals surface area contributed by atoms with Crippen LogP contribution in [0.4, 0.5) is 11.4 Å². The minimum Gasteiger partial charge on any atom is -0.493 e. The maximum Gasteiger partial charge on any atom is 0.258 e. The summed E-state index contributed by atoms with van der Waals surface area (Å²) in [7, 11) is 0. The number of para-hydroxylation sites is 2. The average molecular weight is 539 g/mol. The third kappa shape index (κ3) is 6.34. The number of carbonyl (C=O) groups excluding carboxylic acids is 1. The predicted octanol–water partition coefficient (Wildman–Crippen LogP) is 7.58. The number of carbonyl (C=O) groups is 1. The Morgan fingerprint density at radius 2 is 1.88 bits per heavy atom. The van der Waals surface area contributed by atoms with Crippen molar-refractivity contribution in [2.75, 3.05) is 43.0 Å². The minimum absolute atomic E-state index is 0.00226. The number of aromatic nitrogens is 1. The SMILES string of the molecule is CCCCN(CC)CCCOc1cc(C(=O)N2CC[C@H](C)Nc3ccccc32)ccc1-c1ccc2[nH]ccc2c1. The summed E-state index contributed by atoms with van der Waals surface area (Å²) < 4.78 is 6.46. The summed E-state index contributed by atoms with van der Waals surface area (Å²) in [5.74, 6) is 0.754. The number of anilines is 2. The van der Waals surface area contributed by atoms with E-state index in [1.807, 2.05) is 53.6 Å². The number of rotatable bonds is 11. The molecule has 0 unspecified atom stereocenters. The zero-order chi connectivity index (χ0) is 27.9. The van der Waals surface area contributed by atoms with Crippen LogP contribution in [0.3, 0.4) is 0 Å². The molecule has 0 saturated carbocycles. The van der Waals surface area contributed by atoms with Gasteiger partial charge < -0.3 is 24.8 Å². The van der Waals surface area contributed by atoms with Gasteiger partial charge in [0.25, 0.3) is 5.91 Å². The fraction of sp³-hybridized carbons (Fsp3) is 0.382. The Hall–Kier alpha value is -3.77. The first-order valence-electron chi connectivity index (χ1n) is 14.8. The van der Waals surface area contributed by atoms with E-state index in [-0.39, 0.29) is 5.91 Å². The number of fused-ring (bicyclic) bond motifs is 2. The van der Waals surface area contributed by atoms with Crippen molar-refractivity contribution in [2.24, 2.45) is 0 Å². The molecule has 0 saturated heterocycles. The molecule has 6 heteroatoms. The van der Waals surface area contributed by atoms with Gasteiger partial charge in [0.2, 0.25) is 0 Å². The number of nitrogens with one attached hydrogen (secondary N) is 2. The van der Waals surface area contributed by atoms with E-state index < -0.39 is 0 Å². The quantitative estimate of drug-likeness (QED) is 0.193. The normalized spacial score (nSPS) is 15.1. The number of H-pyrrole nitrogens is 1.